The number of hydrogen-bond donors (Lipinski definition) is 0. The van der Waals surface area contributed by atoms with Gasteiger partial charge in [-0.15, -0.1) is 11.3 Å². The number of rotatable bonds is 3. The van der Waals surface area contributed by atoms with Crippen LogP contribution in [0.25, 0.3) is 0 Å². The molecule has 1 aromatic heterocycles. The molecule has 0 N–H and O–H groups in total. The van der Waals surface area contributed by atoms with Crippen molar-refractivity contribution in [1.29, 1.82) is 0 Å². The highest BCUT2D eigenvalue weighted by molar-refractivity contribution is 14.1. The van der Waals surface area contributed by atoms with Crippen molar-refractivity contribution in [3.63, 3.8) is 0 Å². The molecule has 1 aromatic rings. The first-order valence-corrected chi connectivity index (χ1v) is 7.12. The van der Waals surface area contributed by atoms with Crippen LogP contribution in [0.3, 0.4) is 0 Å². The van der Waals surface area contributed by atoms with E-state index in [-0.39, 0.29) is 5.91 Å². The van der Waals surface area contributed by atoms with Crippen molar-refractivity contribution in [2.45, 2.75) is 19.3 Å². The molecule has 4 heteroatoms. The summed E-state index contributed by atoms with van der Waals surface area (Å²) in [4.78, 5) is 13.8. The molecule has 82 valence electrons. The van der Waals surface area contributed by atoms with Gasteiger partial charge in [-0.05, 0) is 47.4 Å². The second-order valence-electron chi connectivity index (χ2n) is 4.12. The van der Waals surface area contributed by atoms with E-state index in [1.807, 2.05) is 23.4 Å². The van der Waals surface area contributed by atoms with Gasteiger partial charge in [-0.2, -0.15) is 0 Å². The topological polar surface area (TPSA) is 20.3 Å². The maximum atomic E-state index is 12.0. The van der Waals surface area contributed by atoms with E-state index in [1.54, 1.807) is 11.3 Å². The lowest BCUT2D eigenvalue weighted by Crippen LogP contribution is -2.34. The molecular formula is C11H14INOS. The van der Waals surface area contributed by atoms with Crippen LogP contribution in [0.5, 0.6) is 0 Å². The first-order chi connectivity index (χ1) is 7.16. The van der Waals surface area contributed by atoms with Gasteiger partial charge in [0, 0.05) is 19.0 Å². The third-order valence-corrected chi connectivity index (χ3v) is 4.71. The number of carbonyl (C=O) groups is 1. The third-order valence-electron chi connectivity index (χ3n) is 2.92. The van der Waals surface area contributed by atoms with Crippen LogP contribution in [0.4, 0.5) is 0 Å². The number of carbonyl (C=O) groups excluding carboxylic acids is 1. The Bertz CT molecular complexity index is 359. The molecule has 0 aromatic carbocycles. The summed E-state index contributed by atoms with van der Waals surface area (Å²) in [7, 11) is 1.91. The Morgan fingerprint density at radius 1 is 1.67 bits per heavy atom. The maximum absolute atomic E-state index is 12.0. The third kappa shape index (κ3) is 2.72. The summed E-state index contributed by atoms with van der Waals surface area (Å²) in [6.07, 6.45) is 3.92. The zero-order valence-electron chi connectivity index (χ0n) is 8.70. The average molecular weight is 335 g/mol. The van der Waals surface area contributed by atoms with Gasteiger partial charge in [0.15, 0.2) is 0 Å². The second-order valence-corrected chi connectivity index (χ2v) is 6.93. The highest BCUT2D eigenvalue weighted by Crippen LogP contribution is 2.27. The molecule has 1 aliphatic carbocycles. The first-order valence-electron chi connectivity index (χ1n) is 5.16. The molecule has 15 heavy (non-hydrogen) atoms. The zero-order chi connectivity index (χ0) is 10.8. The molecule has 1 saturated carbocycles. The Hall–Kier alpha value is -0.100. The van der Waals surface area contributed by atoms with Crippen LogP contribution in [0.1, 0.15) is 29.6 Å². The molecule has 2 rings (SSSR count). The molecule has 0 unspecified atom stereocenters. The van der Waals surface area contributed by atoms with Crippen molar-refractivity contribution in [2.75, 3.05) is 13.6 Å². The Balaban J connectivity index is 1.94. The molecule has 0 radical (unpaired) electrons. The van der Waals surface area contributed by atoms with Crippen molar-refractivity contribution >= 4 is 39.8 Å². The lowest BCUT2D eigenvalue weighted by atomic mass is 9.85. The van der Waals surface area contributed by atoms with E-state index in [9.17, 15) is 4.79 Å². The van der Waals surface area contributed by atoms with E-state index in [4.69, 9.17) is 0 Å². The fourth-order valence-electron chi connectivity index (χ4n) is 1.79. The van der Waals surface area contributed by atoms with Gasteiger partial charge in [-0.3, -0.25) is 4.79 Å². The largest absolute Gasteiger partial charge is 0.341 e. The normalized spacial score (nSPS) is 16.1. The number of thiophene rings is 1. The molecular weight excluding hydrogens is 321 g/mol. The highest BCUT2D eigenvalue weighted by atomic mass is 127. The first kappa shape index (κ1) is 11.4. The number of amides is 1. The molecule has 1 aliphatic rings. The number of hydrogen-bond acceptors (Lipinski definition) is 2. The quantitative estimate of drug-likeness (QED) is 0.777. The summed E-state index contributed by atoms with van der Waals surface area (Å²) in [5.74, 6) is 0.915. The second kappa shape index (κ2) is 4.82. The molecule has 1 fully saturated rings. The molecule has 1 amide bonds. The van der Waals surface area contributed by atoms with Gasteiger partial charge in [-0.25, -0.2) is 0 Å². The van der Waals surface area contributed by atoms with Crippen LogP contribution in [0, 0.1) is 8.80 Å². The Morgan fingerprint density at radius 2 is 2.40 bits per heavy atom. The van der Waals surface area contributed by atoms with Crippen LogP contribution >= 0.6 is 33.9 Å². The fourth-order valence-corrected chi connectivity index (χ4v) is 3.11. The maximum Gasteiger partial charge on any atom is 0.254 e. The van der Waals surface area contributed by atoms with Gasteiger partial charge in [0.05, 0.1) is 8.45 Å². The standard InChI is InChI=1S/C11H14INOS/c1-13(6-8-3-2-4-8)11(14)9-5-10(12)15-7-9/h5,7-8H,2-4,6H2,1H3. The Kier molecular flexibility index (Phi) is 3.66. The van der Waals surface area contributed by atoms with Crippen LogP contribution in [-0.2, 0) is 0 Å². The van der Waals surface area contributed by atoms with Crippen LogP contribution in [-0.4, -0.2) is 24.4 Å². The Morgan fingerprint density at radius 3 is 2.87 bits per heavy atom. The van der Waals surface area contributed by atoms with Gasteiger partial charge in [0.1, 0.15) is 0 Å². The molecule has 0 bridgehead atoms. The summed E-state index contributed by atoms with van der Waals surface area (Å²) in [6, 6.07) is 1.96. The van der Waals surface area contributed by atoms with Gasteiger partial charge in [-0.1, -0.05) is 6.42 Å². The number of halogens is 1. The summed E-state index contributed by atoms with van der Waals surface area (Å²) in [6.45, 7) is 0.922. The summed E-state index contributed by atoms with van der Waals surface area (Å²) in [5, 5.41) is 1.95. The predicted molar refractivity (Wildman–Crippen MR) is 71.3 cm³/mol. The SMILES string of the molecule is CN(CC1CCC1)C(=O)c1csc(I)c1. The predicted octanol–water partition coefficient (Wildman–Crippen LogP) is 3.22. The van der Waals surface area contributed by atoms with E-state index in [0.29, 0.717) is 0 Å². The van der Waals surface area contributed by atoms with Gasteiger partial charge < -0.3 is 4.90 Å². The van der Waals surface area contributed by atoms with Crippen molar-refractivity contribution < 1.29 is 4.79 Å². The van der Waals surface area contributed by atoms with Crippen molar-refractivity contribution in [1.82, 2.24) is 4.90 Å². The monoisotopic (exact) mass is 335 g/mol. The molecule has 2 nitrogen and oxygen atoms in total. The highest BCUT2D eigenvalue weighted by Gasteiger charge is 2.22. The van der Waals surface area contributed by atoms with E-state index in [0.717, 1.165) is 18.0 Å². The molecule has 0 aliphatic heterocycles. The lowest BCUT2D eigenvalue weighted by molar-refractivity contribution is 0.0746. The lowest BCUT2D eigenvalue weighted by Gasteiger charge is -2.30. The summed E-state index contributed by atoms with van der Waals surface area (Å²) in [5.41, 5.74) is 0.839. The van der Waals surface area contributed by atoms with Crippen LogP contribution in [0.2, 0.25) is 0 Å². The van der Waals surface area contributed by atoms with Gasteiger partial charge >= 0.3 is 0 Å². The molecule has 0 spiro atoms. The minimum absolute atomic E-state index is 0.168. The van der Waals surface area contributed by atoms with E-state index in [1.165, 1.54) is 22.1 Å². The zero-order valence-corrected chi connectivity index (χ0v) is 11.7. The fraction of sp³-hybridized carbons (Fsp3) is 0.545. The summed E-state index contributed by atoms with van der Waals surface area (Å²) >= 11 is 3.88. The minimum Gasteiger partial charge on any atom is -0.341 e. The number of nitrogens with zero attached hydrogens (tertiary/aromatic N) is 1. The van der Waals surface area contributed by atoms with Crippen LogP contribution in [0.15, 0.2) is 11.4 Å². The van der Waals surface area contributed by atoms with E-state index in [2.05, 4.69) is 22.6 Å². The summed E-state index contributed by atoms with van der Waals surface area (Å²) < 4.78 is 1.17. The molecule has 1 heterocycles. The van der Waals surface area contributed by atoms with E-state index < -0.39 is 0 Å². The van der Waals surface area contributed by atoms with E-state index >= 15 is 0 Å². The van der Waals surface area contributed by atoms with Gasteiger partial charge in [0.25, 0.3) is 5.91 Å². The average Bonchev–Trinajstić information content (AvgIpc) is 2.56. The molecule has 0 saturated heterocycles. The van der Waals surface area contributed by atoms with Crippen molar-refractivity contribution in [3.8, 4) is 0 Å². The van der Waals surface area contributed by atoms with Crippen molar-refractivity contribution in [3.05, 3.63) is 19.9 Å². The smallest absolute Gasteiger partial charge is 0.254 e. The van der Waals surface area contributed by atoms with Crippen LogP contribution < -0.4 is 0 Å². The minimum atomic E-state index is 0.168. The molecule has 0 atom stereocenters. The van der Waals surface area contributed by atoms with Gasteiger partial charge in [0.2, 0.25) is 0 Å². The Labute approximate surface area is 108 Å². The van der Waals surface area contributed by atoms with Crippen molar-refractivity contribution in [2.24, 2.45) is 5.92 Å².